The predicted octanol–water partition coefficient (Wildman–Crippen LogP) is 0.598. The van der Waals surface area contributed by atoms with Crippen LogP contribution < -0.4 is 4.90 Å². The number of para-hydroxylation sites is 1. The molecule has 0 saturated carbocycles. The number of carbonyl (C=O) groups excluding carboxylic acids is 3. The van der Waals surface area contributed by atoms with E-state index in [4.69, 9.17) is 23.8 Å². The summed E-state index contributed by atoms with van der Waals surface area (Å²) in [5.74, 6) is -3.06. The number of benzene rings is 1. The van der Waals surface area contributed by atoms with E-state index in [0.717, 1.165) is 4.90 Å². The molecule has 7 atom stereocenters. The molecule has 0 aliphatic carbocycles. The van der Waals surface area contributed by atoms with Gasteiger partial charge in [-0.05, 0) is 26.0 Å². The minimum atomic E-state index is -0.983. The van der Waals surface area contributed by atoms with Crippen molar-refractivity contribution in [1.82, 2.24) is 5.06 Å². The third kappa shape index (κ3) is 3.17. The molecule has 2 amide bonds. The number of rotatable bonds is 3. The lowest BCUT2D eigenvalue weighted by atomic mass is 9.89. The smallest absolute Gasteiger partial charge is 0.303 e. The quantitative estimate of drug-likeness (QED) is 0.502. The van der Waals surface area contributed by atoms with Gasteiger partial charge in [-0.1, -0.05) is 18.2 Å². The van der Waals surface area contributed by atoms with E-state index in [9.17, 15) is 14.4 Å². The number of hydrogen-bond acceptors (Lipinski definition) is 9. The van der Waals surface area contributed by atoms with Crippen LogP contribution in [-0.4, -0.2) is 72.4 Å². The molecule has 31 heavy (non-hydrogen) atoms. The van der Waals surface area contributed by atoms with Crippen LogP contribution >= 0.6 is 0 Å². The van der Waals surface area contributed by atoms with E-state index in [-0.39, 0.29) is 5.91 Å². The van der Waals surface area contributed by atoms with E-state index in [0.29, 0.717) is 5.69 Å². The van der Waals surface area contributed by atoms with Gasteiger partial charge >= 0.3 is 5.97 Å². The number of anilines is 1. The van der Waals surface area contributed by atoms with Crippen molar-refractivity contribution in [2.45, 2.75) is 63.3 Å². The van der Waals surface area contributed by atoms with Crippen LogP contribution in [0.1, 0.15) is 20.8 Å². The van der Waals surface area contributed by atoms with E-state index < -0.39 is 60.3 Å². The lowest BCUT2D eigenvalue weighted by Gasteiger charge is -2.32. The summed E-state index contributed by atoms with van der Waals surface area (Å²) in [6.07, 6.45) is -4.03. The summed E-state index contributed by atoms with van der Waals surface area (Å²) < 4.78 is 23.4. The summed E-state index contributed by atoms with van der Waals surface area (Å²) in [5, 5.41) is 1.45. The fourth-order valence-electron chi connectivity index (χ4n) is 4.93. The van der Waals surface area contributed by atoms with Crippen molar-refractivity contribution in [3.05, 3.63) is 30.3 Å². The maximum atomic E-state index is 13.4. The second kappa shape index (κ2) is 7.07. The fraction of sp³-hybridized carbons (Fsp3) is 0.571. The highest BCUT2D eigenvalue weighted by Gasteiger charge is 2.66. The maximum absolute atomic E-state index is 13.4. The highest BCUT2D eigenvalue weighted by molar-refractivity contribution is 6.23. The van der Waals surface area contributed by atoms with Gasteiger partial charge in [0, 0.05) is 14.0 Å². The van der Waals surface area contributed by atoms with Crippen LogP contribution in [0.15, 0.2) is 30.3 Å². The molecule has 0 aromatic heterocycles. The number of nitrogens with zero attached hydrogens (tertiary/aromatic N) is 2. The minimum absolute atomic E-state index is 0.389. The second-order valence-electron chi connectivity index (χ2n) is 8.58. The molecule has 0 unspecified atom stereocenters. The lowest BCUT2D eigenvalue weighted by Crippen LogP contribution is -2.51. The zero-order valence-electron chi connectivity index (χ0n) is 17.6. The minimum Gasteiger partial charge on any atom is -0.457 e. The molecule has 0 radical (unpaired) electrons. The first-order valence-corrected chi connectivity index (χ1v) is 10.2. The number of hydrogen-bond donors (Lipinski definition) is 0. The van der Waals surface area contributed by atoms with Crippen LogP contribution in [-0.2, 0) is 38.2 Å². The Bertz CT molecular complexity index is 921. The zero-order valence-corrected chi connectivity index (χ0v) is 17.6. The van der Waals surface area contributed by atoms with Crippen molar-refractivity contribution >= 4 is 23.5 Å². The molecular weight excluding hydrogens is 408 g/mol. The Morgan fingerprint density at radius 2 is 1.77 bits per heavy atom. The van der Waals surface area contributed by atoms with Gasteiger partial charge in [0.1, 0.15) is 6.10 Å². The molecule has 0 spiro atoms. The molecule has 0 bridgehead atoms. The Labute approximate surface area is 178 Å². The largest absolute Gasteiger partial charge is 0.457 e. The number of fused-ring (bicyclic) bond motifs is 2. The summed E-state index contributed by atoms with van der Waals surface area (Å²) in [6.45, 7) is 4.78. The fourth-order valence-corrected chi connectivity index (χ4v) is 4.93. The first kappa shape index (κ1) is 20.5. The maximum Gasteiger partial charge on any atom is 0.303 e. The van der Waals surface area contributed by atoms with Gasteiger partial charge in [-0.3, -0.25) is 19.2 Å². The number of ether oxygens (including phenoxy) is 4. The number of esters is 1. The molecule has 1 aromatic carbocycles. The average molecular weight is 432 g/mol. The Kier molecular flexibility index (Phi) is 4.68. The summed E-state index contributed by atoms with van der Waals surface area (Å²) >= 11 is 0. The summed E-state index contributed by atoms with van der Waals surface area (Å²) in [6, 6.07) is 8.01. The summed E-state index contributed by atoms with van der Waals surface area (Å²) in [7, 11) is 1.63. The van der Waals surface area contributed by atoms with E-state index in [1.807, 2.05) is 0 Å². The van der Waals surface area contributed by atoms with Crippen LogP contribution in [0.5, 0.6) is 0 Å². The third-order valence-corrected chi connectivity index (χ3v) is 6.04. The predicted molar refractivity (Wildman–Crippen MR) is 103 cm³/mol. The van der Waals surface area contributed by atoms with Gasteiger partial charge in [-0.2, -0.15) is 5.06 Å². The zero-order chi connectivity index (χ0) is 22.1. The van der Waals surface area contributed by atoms with E-state index >= 15 is 0 Å². The van der Waals surface area contributed by atoms with E-state index in [1.54, 1.807) is 51.2 Å². The molecule has 10 nitrogen and oxygen atoms in total. The van der Waals surface area contributed by atoms with Gasteiger partial charge in [0.2, 0.25) is 5.91 Å². The number of amides is 2. The van der Waals surface area contributed by atoms with Gasteiger partial charge in [0.05, 0.1) is 17.6 Å². The van der Waals surface area contributed by atoms with Gasteiger partial charge in [0.15, 0.2) is 30.4 Å². The first-order chi connectivity index (χ1) is 14.7. The molecular formula is C21H24N2O8. The van der Waals surface area contributed by atoms with Crippen LogP contribution in [0.4, 0.5) is 5.69 Å². The van der Waals surface area contributed by atoms with Gasteiger partial charge < -0.3 is 18.9 Å². The van der Waals surface area contributed by atoms with Crippen molar-refractivity contribution in [1.29, 1.82) is 0 Å². The molecule has 0 N–H and O–H groups in total. The number of carbonyl (C=O) groups is 3. The molecule has 4 fully saturated rings. The molecule has 4 saturated heterocycles. The van der Waals surface area contributed by atoms with Crippen molar-refractivity contribution in [2.24, 2.45) is 5.92 Å². The highest BCUT2D eigenvalue weighted by Crippen LogP contribution is 2.46. The Balaban J connectivity index is 1.46. The topological polar surface area (TPSA) is 104 Å². The molecule has 10 heteroatoms. The number of likely N-dealkylation sites (N-methyl/N-ethyl adjacent to an activating group) is 1. The normalized spacial score (nSPS) is 39.1. The monoisotopic (exact) mass is 432 g/mol. The Morgan fingerprint density at radius 1 is 1.06 bits per heavy atom. The molecule has 4 aliphatic rings. The first-order valence-electron chi connectivity index (χ1n) is 10.2. The molecule has 4 heterocycles. The van der Waals surface area contributed by atoms with Crippen LogP contribution in [0.3, 0.4) is 0 Å². The summed E-state index contributed by atoms with van der Waals surface area (Å²) in [5.41, 5.74) is 0.478. The number of imide groups is 1. The van der Waals surface area contributed by atoms with Crippen molar-refractivity contribution < 1.29 is 38.2 Å². The molecule has 166 valence electrons. The van der Waals surface area contributed by atoms with Crippen molar-refractivity contribution in [3.8, 4) is 0 Å². The van der Waals surface area contributed by atoms with Gasteiger partial charge in [-0.15, -0.1) is 0 Å². The second-order valence-corrected chi connectivity index (χ2v) is 8.58. The molecule has 4 aliphatic heterocycles. The number of hydroxylamine groups is 2. The Morgan fingerprint density at radius 3 is 2.45 bits per heavy atom. The van der Waals surface area contributed by atoms with Crippen LogP contribution in [0, 0.1) is 5.92 Å². The van der Waals surface area contributed by atoms with Crippen LogP contribution in [0.2, 0.25) is 0 Å². The SMILES string of the molecule is CC(=O)O[C@@H]1[C@H]2OC(C)(C)O[C@H]2O[C@@H]1[C@@H]1[C@H]2C(=O)N(c3ccccc3)C(=O)[C@H]2ON1C. The van der Waals surface area contributed by atoms with Crippen molar-refractivity contribution in [2.75, 3.05) is 11.9 Å². The molecule has 5 rings (SSSR count). The summed E-state index contributed by atoms with van der Waals surface area (Å²) in [4.78, 5) is 45.1. The lowest BCUT2D eigenvalue weighted by molar-refractivity contribution is -0.235. The highest BCUT2D eigenvalue weighted by atomic mass is 16.8. The standard InChI is InChI=1S/C21H24N2O8/c1-10(24)27-16-15(28-20-17(16)29-21(2,3)30-20)13-12-14(31-22(13)4)19(26)23(18(12)25)11-8-6-5-7-9-11/h5-9,12-17,20H,1-4H3/t12-,13+,14+,15-,16+,17-,20-/m1/s1. The van der Waals surface area contributed by atoms with Gasteiger partial charge in [-0.25, -0.2) is 4.90 Å². The van der Waals surface area contributed by atoms with E-state index in [2.05, 4.69) is 0 Å². The van der Waals surface area contributed by atoms with Crippen LogP contribution in [0.25, 0.3) is 0 Å². The van der Waals surface area contributed by atoms with Crippen molar-refractivity contribution in [3.63, 3.8) is 0 Å². The van der Waals surface area contributed by atoms with Gasteiger partial charge in [0.25, 0.3) is 5.91 Å². The molecule has 1 aromatic rings. The van der Waals surface area contributed by atoms with E-state index in [1.165, 1.54) is 12.0 Å². The average Bonchev–Trinajstić information content (AvgIpc) is 3.35. The Hall–Kier alpha value is -2.37. The third-order valence-electron chi connectivity index (χ3n) is 6.04.